The van der Waals surface area contributed by atoms with Crippen LogP contribution in [0.1, 0.15) is 0 Å². The second-order valence-corrected chi connectivity index (χ2v) is 9.80. The van der Waals surface area contributed by atoms with Gasteiger partial charge in [-0.05, 0) is 45.4 Å². The van der Waals surface area contributed by atoms with E-state index in [2.05, 4.69) is 65.1 Å². The molecule has 4 aromatic heterocycles. The lowest BCUT2D eigenvalue weighted by Gasteiger charge is -2.34. The third kappa shape index (κ3) is 4.73. The van der Waals surface area contributed by atoms with Gasteiger partial charge in [0, 0.05) is 49.9 Å². The molecule has 0 bridgehead atoms. The summed E-state index contributed by atoms with van der Waals surface area (Å²) in [5, 5.41) is 8.66. The van der Waals surface area contributed by atoms with E-state index in [0.717, 1.165) is 88.9 Å². The number of fused-ring (bicyclic) bond motifs is 2. The van der Waals surface area contributed by atoms with E-state index in [4.69, 9.17) is 9.72 Å². The lowest BCUT2D eigenvalue weighted by molar-refractivity contribution is 0.261. The van der Waals surface area contributed by atoms with Crippen molar-refractivity contribution in [2.75, 3.05) is 65.4 Å². The number of pyridine rings is 2. The molecule has 1 saturated heterocycles. The molecule has 1 aliphatic heterocycles. The van der Waals surface area contributed by atoms with Gasteiger partial charge in [-0.25, -0.2) is 4.98 Å². The Morgan fingerprint density at radius 3 is 2.73 bits per heavy atom. The van der Waals surface area contributed by atoms with Crippen molar-refractivity contribution < 1.29 is 4.74 Å². The van der Waals surface area contributed by atoms with Gasteiger partial charge in [0.1, 0.15) is 23.6 Å². The maximum absolute atomic E-state index is 5.87. The van der Waals surface area contributed by atoms with Crippen LogP contribution in [0.2, 0.25) is 0 Å². The number of hydrogen-bond acceptors (Lipinski definition) is 8. The molecule has 0 saturated carbocycles. The molecule has 5 heterocycles. The van der Waals surface area contributed by atoms with Gasteiger partial charge in [0.05, 0.1) is 34.8 Å². The van der Waals surface area contributed by atoms with Crippen LogP contribution in [0.15, 0.2) is 48.9 Å². The van der Waals surface area contributed by atoms with Crippen molar-refractivity contribution >= 4 is 27.6 Å². The molecule has 0 atom stereocenters. The number of nitrogens with zero attached hydrogens (tertiary/aromatic N) is 7. The second kappa shape index (κ2) is 9.79. The van der Waals surface area contributed by atoms with E-state index in [-0.39, 0.29) is 0 Å². The molecule has 0 spiro atoms. The van der Waals surface area contributed by atoms with Crippen molar-refractivity contribution in [3.05, 3.63) is 48.9 Å². The summed E-state index contributed by atoms with van der Waals surface area (Å²) in [6.07, 6.45) is 5.34. The van der Waals surface area contributed by atoms with Crippen molar-refractivity contribution in [1.29, 1.82) is 0 Å². The number of piperazine rings is 1. The number of ether oxygens (including phenoxy) is 1. The average molecular weight is 498 g/mol. The van der Waals surface area contributed by atoms with Crippen LogP contribution in [0.3, 0.4) is 0 Å². The highest BCUT2D eigenvalue weighted by Crippen LogP contribution is 2.32. The molecule has 0 aliphatic carbocycles. The number of aromatic nitrogens is 6. The minimum absolute atomic E-state index is 0.596. The molecule has 0 unspecified atom stereocenters. The zero-order valence-corrected chi connectivity index (χ0v) is 21.4. The number of para-hydroxylation sites is 1. The van der Waals surface area contributed by atoms with E-state index in [0.29, 0.717) is 6.61 Å². The molecular formula is C27H31N9O. The van der Waals surface area contributed by atoms with E-state index in [1.165, 1.54) is 0 Å². The van der Waals surface area contributed by atoms with Gasteiger partial charge < -0.3 is 24.4 Å². The Hall–Kier alpha value is -4.02. The molecule has 2 N–H and O–H groups in total. The first kappa shape index (κ1) is 23.4. The largest absolute Gasteiger partial charge is 0.491 e. The van der Waals surface area contributed by atoms with E-state index < -0.39 is 0 Å². The fourth-order valence-corrected chi connectivity index (χ4v) is 4.67. The monoisotopic (exact) mass is 497 g/mol. The summed E-state index contributed by atoms with van der Waals surface area (Å²) >= 11 is 0. The van der Waals surface area contributed by atoms with Crippen molar-refractivity contribution in [1.82, 2.24) is 39.9 Å². The molecule has 1 aromatic carbocycles. The molecule has 1 aliphatic rings. The van der Waals surface area contributed by atoms with Crippen molar-refractivity contribution in [2.45, 2.75) is 0 Å². The van der Waals surface area contributed by atoms with Gasteiger partial charge in [-0.2, -0.15) is 5.10 Å². The SMILES string of the molecule is CN(C)CCOc1cncc(-c2cc3c(-c4nc5c(N6CCN(C)CC6)cccc5[nH]4)n[nH]c3cn2)c1. The molecule has 10 heteroatoms. The molecule has 0 amide bonds. The molecule has 5 aromatic rings. The highest BCUT2D eigenvalue weighted by atomic mass is 16.5. The Kier molecular flexibility index (Phi) is 6.19. The van der Waals surface area contributed by atoms with Gasteiger partial charge in [0.15, 0.2) is 5.82 Å². The van der Waals surface area contributed by atoms with Crippen LogP contribution in [0, 0.1) is 0 Å². The topological polar surface area (TPSA) is 102 Å². The predicted molar refractivity (Wildman–Crippen MR) is 146 cm³/mol. The smallest absolute Gasteiger partial charge is 0.159 e. The van der Waals surface area contributed by atoms with Gasteiger partial charge >= 0.3 is 0 Å². The van der Waals surface area contributed by atoms with Crippen LogP contribution in [0.25, 0.3) is 44.7 Å². The Morgan fingerprint density at radius 1 is 1.03 bits per heavy atom. The minimum atomic E-state index is 0.596. The predicted octanol–water partition coefficient (Wildman–Crippen LogP) is 3.26. The van der Waals surface area contributed by atoms with Crippen LogP contribution < -0.4 is 9.64 Å². The van der Waals surface area contributed by atoms with Crippen LogP contribution in [-0.2, 0) is 0 Å². The molecule has 10 nitrogen and oxygen atoms in total. The fourth-order valence-electron chi connectivity index (χ4n) is 4.67. The molecule has 37 heavy (non-hydrogen) atoms. The highest BCUT2D eigenvalue weighted by Gasteiger charge is 2.20. The van der Waals surface area contributed by atoms with Crippen LogP contribution >= 0.6 is 0 Å². The van der Waals surface area contributed by atoms with E-state index in [1.54, 1.807) is 18.6 Å². The fraction of sp³-hybridized carbons (Fsp3) is 0.333. The summed E-state index contributed by atoms with van der Waals surface area (Å²) in [6, 6.07) is 10.3. The maximum atomic E-state index is 5.87. The standard InChI is InChI=1S/C27H31N9O/c1-34(2)11-12-37-19-13-18(15-28-16-19)22-14-20-23(17-29-22)32-33-25(20)27-30-21-5-4-6-24(26(21)31-27)36-9-7-35(3)8-10-36/h4-6,13-17H,7-12H2,1-3H3,(H,30,31)(H,32,33). The third-order valence-corrected chi connectivity index (χ3v) is 6.82. The van der Waals surface area contributed by atoms with Crippen LogP contribution in [-0.4, -0.2) is 100 Å². The number of H-pyrrole nitrogens is 2. The summed E-state index contributed by atoms with van der Waals surface area (Å²) in [5.41, 5.74) is 6.44. The number of imidazole rings is 1. The van der Waals surface area contributed by atoms with Crippen molar-refractivity contribution in [3.8, 4) is 28.5 Å². The molecule has 0 radical (unpaired) electrons. The third-order valence-electron chi connectivity index (χ3n) is 6.82. The number of nitrogens with one attached hydrogen (secondary N) is 2. The van der Waals surface area contributed by atoms with Gasteiger partial charge in [-0.1, -0.05) is 6.07 Å². The first-order chi connectivity index (χ1) is 18.0. The number of aromatic amines is 2. The number of hydrogen-bond donors (Lipinski definition) is 2. The van der Waals surface area contributed by atoms with Crippen molar-refractivity contribution in [2.24, 2.45) is 0 Å². The number of rotatable bonds is 7. The maximum Gasteiger partial charge on any atom is 0.159 e. The Bertz CT molecular complexity index is 1530. The van der Waals surface area contributed by atoms with Gasteiger partial charge in [0.2, 0.25) is 0 Å². The Balaban J connectivity index is 1.33. The van der Waals surface area contributed by atoms with Gasteiger partial charge in [-0.3, -0.25) is 15.1 Å². The second-order valence-electron chi connectivity index (χ2n) is 9.80. The number of likely N-dealkylation sites (N-methyl/N-ethyl adjacent to an activating group) is 2. The Morgan fingerprint density at radius 2 is 1.89 bits per heavy atom. The molecule has 1 fully saturated rings. The van der Waals surface area contributed by atoms with Gasteiger partial charge in [0.25, 0.3) is 0 Å². The first-order valence-electron chi connectivity index (χ1n) is 12.5. The van der Waals surface area contributed by atoms with E-state index >= 15 is 0 Å². The first-order valence-corrected chi connectivity index (χ1v) is 12.5. The summed E-state index contributed by atoms with van der Waals surface area (Å²) in [5.74, 6) is 1.46. The van der Waals surface area contributed by atoms with Crippen LogP contribution in [0.4, 0.5) is 5.69 Å². The average Bonchev–Trinajstić information content (AvgIpc) is 3.53. The Labute approximate surface area is 215 Å². The lowest BCUT2D eigenvalue weighted by Crippen LogP contribution is -2.44. The normalized spacial score (nSPS) is 14.8. The van der Waals surface area contributed by atoms with Crippen molar-refractivity contribution in [3.63, 3.8) is 0 Å². The number of anilines is 1. The van der Waals surface area contributed by atoms with E-state index in [1.807, 2.05) is 26.2 Å². The van der Waals surface area contributed by atoms with E-state index in [9.17, 15) is 0 Å². The molecule has 190 valence electrons. The zero-order valence-electron chi connectivity index (χ0n) is 21.4. The summed E-state index contributed by atoms with van der Waals surface area (Å²) < 4.78 is 5.87. The summed E-state index contributed by atoms with van der Waals surface area (Å²) in [4.78, 5) is 24.4. The lowest BCUT2D eigenvalue weighted by atomic mass is 10.1. The molecule has 6 rings (SSSR count). The minimum Gasteiger partial charge on any atom is -0.491 e. The summed E-state index contributed by atoms with van der Waals surface area (Å²) in [7, 11) is 6.21. The quantitative estimate of drug-likeness (QED) is 0.353. The zero-order chi connectivity index (χ0) is 25.4. The highest BCUT2D eigenvalue weighted by molar-refractivity contribution is 5.96. The number of benzene rings is 1. The summed E-state index contributed by atoms with van der Waals surface area (Å²) in [6.45, 7) is 5.50. The van der Waals surface area contributed by atoms with Gasteiger partial charge in [-0.15, -0.1) is 0 Å². The van der Waals surface area contributed by atoms with Crippen LogP contribution in [0.5, 0.6) is 5.75 Å². The molecular weight excluding hydrogens is 466 g/mol.